The highest BCUT2D eigenvalue weighted by molar-refractivity contribution is 8.14. The van der Waals surface area contributed by atoms with Crippen molar-refractivity contribution in [3.05, 3.63) is 0 Å². The second kappa shape index (κ2) is 18.4. The average molecular weight is 723 g/mol. The highest BCUT2D eigenvalue weighted by atomic mass is 32.2. The highest BCUT2D eigenvalue weighted by Crippen LogP contribution is 2.37. The number of fused-ring (bicyclic) bond motifs is 2. The van der Waals surface area contributed by atoms with Crippen molar-refractivity contribution >= 4 is 51.8 Å². The molecular formula is C26H38F4N4O11S2. The molecule has 0 spiro atoms. The fourth-order valence-corrected chi connectivity index (χ4v) is 7.08. The topological polar surface area (TPSA) is 207 Å². The van der Waals surface area contributed by atoms with Crippen LogP contribution in [0.1, 0.15) is 33.6 Å². The molecule has 0 radical (unpaired) electrons. The van der Waals surface area contributed by atoms with Gasteiger partial charge in [0.05, 0.1) is 12.6 Å². The van der Waals surface area contributed by atoms with Gasteiger partial charge in [-0.25, -0.2) is 17.6 Å². The molecule has 268 valence electrons. The van der Waals surface area contributed by atoms with Crippen LogP contribution >= 0.6 is 23.5 Å². The van der Waals surface area contributed by atoms with E-state index in [9.17, 15) is 42.2 Å². The van der Waals surface area contributed by atoms with Crippen molar-refractivity contribution in [2.45, 2.75) is 106 Å². The first-order chi connectivity index (χ1) is 22.2. The third-order valence-electron chi connectivity index (χ3n) is 6.82. The van der Waals surface area contributed by atoms with Crippen molar-refractivity contribution in [2.24, 2.45) is 9.98 Å². The van der Waals surface area contributed by atoms with Crippen LogP contribution in [-0.2, 0) is 38.1 Å². The van der Waals surface area contributed by atoms with Crippen molar-refractivity contribution in [3.63, 3.8) is 0 Å². The lowest BCUT2D eigenvalue weighted by molar-refractivity contribution is -0.209. The molecular weight excluding hydrogens is 684 g/mol. The predicted octanol–water partition coefficient (Wildman–Crippen LogP) is -0.00440. The number of nitrogens with zero attached hydrogens (tertiary/aromatic N) is 2. The Hall–Kier alpha value is -2.43. The van der Waals surface area contributed by atoms with Crippen molar-refractivity contribution in [3.8, 4) is 0 Å². The number of aliphatic hydroxyl groups is 3. The molecule has 5 N–H and O–H groups in total. The molecule has 10 atom stereocenters. The van der Waals surface area contributed by atoms with Crippen molar-refractivity contribution in [1.29, 1.82) is 0 Å². The Balaban J connectivity index is 0.000000274. The van der Waals surface area contributed by atoms with Gasteiger partial charge in [-0.15, -0.1) is 0 Å². The van der Waals surface area contributed by atoms with Crippen LogP contribution in [0.3, 0.4) is 0 Å². The minimum absolute atomic E-state index is 0.0193. The predicted molar refractivity (Wildman–Crippen MR) is 159 cm³/mol. The fourth-order valence-electron chi connectivity index (χ4n) is 4.76. The largest absolute Gasteiger partial charge is 0.463 e. The summed E-state index contributed by atoms with van der Waals surface area (Å²) in [5.41, 5.74) is -1.11. The van der Waals surface area contributed by atoms with E-state index in [0.717, 1.165) is 23.5 Å². The summed E-state index contributed by atoms with van der Waals surface area (Å²) in [6.07, 6.45) is -11.6. The molecule has 4 fully saturated rings. The molecule has 15 nitrogen and oxygen atoms in total. The first kappa shape index (κ1) is 39.0. The number of thioether (sulfide) groups is 2. The van der Waals surface area contributed by atoms with Gasteiger partial charge in [-0.2, -0.15) is 0 Å². The van der Waals surface area contributed by atoms with Gasteiger partial charge in [-0.3, -0.25) is 24.4 Å². The Morgan fingerprint density at radius 3 is 1.77 bits per heavy atom. The first-order valence-electron chi connectivity index (χ1n) is 14.5. The van der Waals surface area contributed by atoms with E-state index in [2.05, 4.69) is 20.6 Å². The second-order valence-corrected chi connectivity index (χ2v) is 12.7. The zero-order chi connectivity index (χ0) is 34.8. The molecule has 4 unspecified atom stereocenters. The number of alkyl halides is 4. The minimum Gasteiger partial charge on any atom is -0.463 e. The summed E-state index contributed by atoms with van der Waals surface area (Å²) in [7, 11) is 0. The van der Waals surface area contributed by atoms with Crippen molar-refractivity contribution in [1.82, 2.24) is 10.6 Å². The Labute approximate surface area is 275 Å². The molecule has 4 rings (SSSR count). The molecule has 0 aromatic rings. The summed E-state index contributed by atoms with van der Waals surface area (Å²) in [6.45, 7) is 2.88. The molecule has 21 heteroatoms. The van der Waals surface area contributed by atoms with E-state index in [1.165, 1.54) is 20.8 Å². The summed E-state index contributed by atoms with van der Waals surface area (Å²) in [4.78, 5) is 42.3. The summed E-state index contributed by atoms with van der Waals surface area (Å²) in [6, 6.07) is -1.19. The number of halogens is 4. The Morgan fingerprint density at radius 1 is 0.787 bits per heavy atom. The van der Waals surface area contributed by atoms with Crippen LogP contribution in [0.15, 0.2) is 9.98 Å². The van der Waals surface area contributed by atoms with E-state index in [-0.39, 0.29) is 32.5 Å². The third kappa shape index (κ3) is 11.6. The average Bonchev–Trinajstić information content (AvgIpc) is 3.58. The summed E-state index contributed by atoms with van der Waals surface area (Å²) in [5, 5.41) is 35.2. The molecule has 4 aliphatic rings. The van der Waals surface area contributed by atoms with Crippen LogP contribution in [0.25, 0.3) is 0 Å². The van der Waals surface area contributed by atoms with Crippen LogP contribution in [0.5, 0.6) is 0 Å². The van der Waals surface area contributed by atoms with Gasteiger partial charge >= 0.3 is 17.9 Å². The third-order valence-corrected chi connectivity index (χ3v) is 9.04. The standard InChI is InChI=1S/C16H22F2N2O7S.C10H16F2N2O4S/c1-7(21)24-6-10-13(25-8(2)22)14(26-9(3)23)12-15(27-10)28-16(20-12)19-5-4-11(17)18;11-5(12)1-2-13-10-14-6-8(17)7(16)4(3-15)18-9(6)19-10/h10-15H,4-6H2,1-3H3,(H,19,20);4-9,15-17H,1-3H2,(H,13,14)/t10-,12?,13-,14-,15?;4-,6?,7-,8-,9?/m11/s1. The van der Waals surface area contributed by atoms with Crippen LogP contribution < -0.4 is 10.6 Å². The Bertz CT molecular complexity index is 1140. The first-order valence-corrected chi connectivity index (χ1v) is 16.2. The molecule has 47 heavy (non-hydrogen) atoms. The number of carbonyl (C=O) groups is 3. The lowest BCUT2D eigenvalue weighted by Gasteiger charge is -2.41. The minimum atomic E-state index is -2.47. The molecule has 0 aliphatic carbocycles. The molecule has 4 heterocycles. The summed E-state index contributed by atoms with van der Waals surface area (Å²) < 4.78 is 75.5. The number of esters is 3. The maximum Gasteiger partial charge on any atom is 0.303 e. The SMILES string of the molecule is CC(=O)OC[C@H]1OC2SC(=NCCC(F)F)NC2[C@@H](OC(C)=O)[C@@H]1OC(C)=O.OC[C@H]1OC2SC(=NCCC(F)F)NC2[C@@H](O)[C@@H]1O. The van der Waals surface area contributed by atoms with Crippen LogP contribution in [0.2, 0.25) is 0 Å². The maximum absolute atomic E-state index is 12.3. The van der Waals surface area contributed by atoms with E-state index >= 15 is 0 Å². The number of hydrogen-bond acceptors (Lipinski definition) is 15. The smallest absolute Gasteiger partial charge is 0.303 e. The van der Waals surface area contributed by atoms with Gasteiger partial charge in [-0.1, -0.05) is 23.5 Å². The number of hydrogen-bond donors (Lipinski definition) is 5. The van der Waals surface area contributed by atoms with Crippen molar-refractivity contribution < 1.29 is 70.9 Å². The maximum atomic E-state index is 12.3. The summed E-state index contributed by atoms with van der Waals surface area (Å²) >= 11 is 2.30. The zero-order valence-electron chi connectivity index (χ0n) is 25.5. The van der Waals surface area contributed by atoms with Crippen LogP contribution in [0.4, 0.5) is 17.6 Å². The van der Waals surface area contributed by atoms with Gasteiger partial charge in [0.2, 0.25) is 12.9 Å². The number of ether oxygens (including phenoxy) is 5. The fraction of sp³-hybridized carbons (Fsp3) is 0.808. The lowest BCUT2D eigenvalue weighted by atomic mass is 9.97. The highest BCUT2D eigenvalue weighted by Gasteiger charge is 2.54. The van der Waals surface area contributed by atoms with Gasteiger partial charge in [-0.05, 0) is 0 Å². The normalized spacial score (nSPS) is 34.6. The van der Waals surface area contributed by atoms with Crippen LogP contribution in [0, 0.1) is 0 Å². The number of aliphatic hydroxyl groups excluding tert-OH is 3. The second-order valence-electron chi connectivity index (χ2n) is 10.5. The van der Waals surface area contributed by atoms with Gasteiger partial charge in [0.1, 0.15) is 47.9 Å². The van der Waals surface area contributed by atoms with E-state index in [4.69, 9.17) is 28.8 Å². The van der Waals surface area contributed by atoms with Gasteiger partial charge in [0.15, 0.2) is 22.5 Å². The Kier molecular flexibility index (Phi) is 15.2. The molecule has 0 saturated carbocycles. The monoisotopic (exact) mass is 722 g/mol. The molecule has 4 aliphatic heterocycles. The molecule has 0 aromatic heterocycles. The number of carbonyl (C=O) groups excluding carboxylic acids is 3. The van der Waals surface area contributed by atoms with E-state index in [1.807, 2.05) is 0 Å². The Morgan fingerprint density at radius 2 is 1.28 bits per heavy atom. The zero-order valence-corrected chi connectivity index (χ0v) is 27.1. The number of nitrogens with one attached hydrogen (secondary N) is 2. The van der Waals surface area contributed by atoms with Gasteiger partial charge in [0, 0.05) is 46.7 Å². The van der Waals surface area contributed by atoms with Gasteiger partial charge < -0.3 is 49.6 Å². The van der Waals surface area contributed by atoms with E-state index in [0.29, 0.717) is 10.3 Å². The van der Waals surface area contributed by atoms with E-state index < -0.39 is 96.9 Å². The number of rotatable bonds is 11. The molecule has 4 saturated heterocycles. The van der Waals surface area contributed by atoms with E-state index in [1.54, 1.807) is 0 Å². The summed E-state index contributed by atoms with van der Waals surface area (Å²) in [5.74, 6) is -1.79. The molecule has 0 bridgehead atoms. The number of amidine groups is 2. The molecule has 0 amide bonds. The number of aliphatic imine (C=N–C) groups is 2. The quantitative estimate of drug-likeness (QED) is 0.108. The molecule has 0 aromatic carbocycles. The van der Waals surface area contributed by atoms with Crippen molar-refractivity contribution in [2.75, 3.05) is 26.3 Å². The van der Waals surface area contributed by atoms with Crippen LogP contribution in [-0.4, -0.2) is 142 Å². The van der Waals surface area contributed by atoms with Gasteiger partial charge in [0.25, 0.3) is 0 Å². The lowest BCUT2D eigenvalue weighted by Crippen LogP contribution is -2.62.